The van der Waals surface area contributed by atoms with E-state index in [0.717, 1.165) is 0 Å². The minimum absolute atomic E-state index is 0.133. The highest BCUT2D eigenvalue weighted by Crippen LogP contribution is 2.36. The molecule has 100 valence electrons. The molecule has 0 saturated carbocycles. The van der Waals surface area contributed by atoms with Crippen LogP contribution in [0, 0.1) is 0 Å². The van der Waals surface area contributed by atoms with Gasteiger partial charge in [-0.05, 0) is 35.5 Å². The van der Waals surface area contributed by atoms with Gasteiger partial charge in [-0.3, -0.25) is 14.7 Å². The van der Waals surface area contributed by atoms with Crippen LogP contribution in [0.2, 0.25) is 10.0 Å². The number of aromatic hydroxyl groups is 1. The fourth-order valence-corrected chi connectivity index (χ4v) is 3.00. The Morgan fingerprint density at radius 2 is 1.95 bits per heavy atom. The van der Waals surface area contributed by atoms with Crippen molar-refractivity contribution in [3.05, 3.63) is 32.6 Å². The van der Waals surface area contributed by atoms with Gasteiger partial charge in [0.05, 0.1) is 15.0 Å². The van der Waals surface area contributed by atoms with Crippen molar-refractivity contribution in [2.75, 3.05) is 14.1 Å². The van der Waals surface area contributed by atoms with Crippen molar-refractivity contribution in [3.8, 4) is 5.75 Å². The van der Waals surface area contributed by atoms with Crippen LogP contribution in [-0.4, -0.2) is 35.2 Å². The van der Waals surface area contributed by atoms with Gasteiger partial charge >= 0.3 is 0 Å². The zero-order valence-corrected chi connectivity index (χ0v) is 12.5. The molecule has 1 aliphatic heterocycles. The number of hydrogen-bond acceptors (Lipinski definition) is 4. The van der Waals surface area contributed by atoms with Gasteiger partial charge in [0, 0.05) is 14.1 Å². The SMILES string of the molecule is CN=C1SC(=Cc2cc(Cl)c(O)c(Cl)c2)C(=O)N1C. The first kappa shape index (κ1) is 14.2. The average Bonchev–Trinajstić information content (AvgIpc) is 2.63. The zero-order valence-electron chi connectivity index (χ0n) is 10.1. The maximum atomic E-state index is 12.0. The molecule has 7 heteroatoms. The fourth-order valence-electron chi connectivity index (χ4n) is 1.57. The van der Waals surface area contributed by atoms with Gasteiger partial charge in [0.1, 0.15) is 0 Å². The van der Waals surface area contributed by atoms with E-state index in [1.54, 1.807) is 32.3 Å². The van der Waals surface area contributed by atoms with Crippen molar-refractivity contribution in [2.45, 2.75) is 0 Å². The number of hydrogen-bond donors (Lipinski definition) is 1. The van der Waals surface area contributed by atoms with Gasteiger partial charge in [0.2, 0.25) is 0 Å². The molecule has 1 fully saturated rings. The van der Waals surface area contributed by atoms with E-state index in [1.807, 2.05) is 0 Å². The Hall–Kier alpha value is -1.17. The second-order valence-corrected chi connectivity index (χ2v) is 5.64. The van der Waals surface area contributed by atoms with Crippen molar-refractivity contribution in [1.29, 1.82) is 0 Å². The third kappa shape index (κ3) is 2.73. The van der Waals surface area contributed by atoms with Crippen LogP contribution in [0.25, 0.3) is 6.08 Å². The molecule has 1 amide bonds. The van der Waals surface area contributed by atoms with Gasteiger partial charge in [0.25, 0.3) is 5.91 Å². The monoisotopic (exact) mass is 316 g/mol. The molecule has 1 N–H and O–H groups in total. The molecule has 1 aromatic rings. The molecule has 0 aliphatic carbocycles. The summed E-state index contributed by atoms with van der Waals surface area (Å²) in [6.45, 7) is 0. The summed E-state index contributed by atoms with van der Waals surface area (Å²) < 4.78 is 0. The second-order valence-electron chi connectivity index (χ2n) is 3.81. The predicted octanol–water partition coefficient (Wildman–Crippen LogP) is 3.23. The summed E-state index contributed by atoms with van der Waals surface area (Å²) in [7, 11) is 3.29. The maximum absolute atomic E-state index is 12.0. The zero-order chi connectivity index (χ0) is 14.2. The number of amides is 1. The number of carbonyl (C=O) groups is 1. The van der Waals surface area contributed by atoms with Crippen LogP contribution in [0.5, 0.6) is 5.75 Å². The molecule has 2 rings (SSSR count). The van der Waals surface area contributed by atoms with E-state index in [2.05, 4.69) is 4.99 Å². The molecule has 0 spiro atoms. The van der Waals surface area contributed by atoms with Gasteiger partial charge < -0.3 is 5.11 Å². The van der Waals surface area contributed by atoms with Gasteiger partial charge in [-0.2, -0.15) is 0 Å². The smallest absolute Gasteiger partial charge is 0.266 e. The van der Waals surface area contributed by atoms with Crippen LogP contribution >= 0.6 is 35.0 Å². The van der Waals surface area contributed by atoms with Crippen LogP contribution in [-0.2, 0) is 4.79 Å². The number of phenols is 1. The summed E-state index contributed by atoms with van der Waals surface area (Å²) in [6.07, 6.45) is 1.67. The molecule has 0 atom stereocenters. The summed E-state index contributed by atoms with van der Waals surface area (Å²) in [6, 6.07) is 3.09. The highest BCUT2D eigenvalue weighted by Gasteiger charge is 2.29. The normalized spacial score (nSPS) is 19.8. The third-order valence-corrected chi connectivity index (χ3v) is 4.26. The summed E-state index contributed by atoms with van der Waals surface area (Å²) >= 11 is 12.9. The molecule has 1 saturated heterocycles. The van der Waals surface area contributed by atoms with E-state index in [9.17, 15) is 9.90 Å². The maximum Gasteiger partial charge on any atom is 0.266 e. The quantitative estimate of drug-likeness (QED) is 0.809. The van der Waals surface area contributed by atoms with Gasteiger partial charge in [0.15, 0.2) is 10.9 Å². The lowest BCUT2D eigenvalue weighted by Gasteiger charge is -2.05. The van der Waals surface area contributed by atoms with Crippen molar-refractivity contribution < 1.29 is 9.90 Å². The average molecular weight is 317 g/mol. The highest BCUT2D eigenvalue weighted by molar-refractivity contribution is 8.18. The summed E-state index contributed by atoms with van der Waals surface area (Å²) in [5.41, 5.74) is 0.648. The number of halogens is 2. The van der Waals surface area contributed by atoms with Gasteiger partial charge in [-0.1, -0.05) is 23.2 Å². The molecule has 0 bridgehead atoms. The number of rotatable bonds is 1. The Labute approximate surface area is 124 Å². The van der Waals surface area contributed by atoms with Crippen molar-refractivity contribution >= 4 is 52.1 Å². The molecular formula is C12H10Cl2N2O2S. The Bertz CT molecular complexity index is 591. The lowest BCUT2D eigenvalue weighted by atomic mass is 10.2. The minimum atomic E-state index is -0.163. The van der Waals surface area contributed by atoms with Crippen LogP contribution in [0.15, 0.2) is 22.0 Å². The Balaban J connectivity index is 2.40. The molecule has 0 aromatic heterocycles. The Morgan fingerprint density at radius 3 is 2.42 bits per heavy atom. The van der Waals surface area contributed by atoms with Gasteiger partial charge in [-0.15, -0.1) is 0 Å². The van der Waals surface area contributed by atoms with E-state index in [4.69, 9.17) is 23.2 Å². The third-order valence-electron chi connectivity index (χ3n) is 2.53. The number of aliphatic imine (C=N–C) groups is 1. The first-order valence-electron chi connectivity index (χ1n) is 5.26. The second kappa shape index (κ2) is 5.45. The van der Waals surface area contributed by atoms with Crippen LogP contribution in [0.4, 0.5) is 0 Å². The first-order valence-corrected chi connectivity index (χ1v) is 6.83. The standard InChI is InChI=1S/C12H10Cl2N2O2S/c1-15-12-16(2)11(18)9(19-12)5-6-3-7(13)10(17)8(14)4-6/h3-5,17H,1-2H3. The van der Waals surface area contributed by atoms with E-state index in [-0.39, 0.29) is 21.7 Å². The van der Waals surface area contributed by atoms with Gasteiger partial charge in [-0.25, -0.2) is 0 Å². The number of likely N-dealkylation sites (N-methyl/N-ethyl adjacent to an activating group) is 1. The van der Waals surface area contributed by atoms with Crippen molar-refractivity contribution in [1.82, 2.24) is 4.90 Å². The molecule has 0 unspecified atom stereocenters. The molecular weight excluding hydrogens is 307 g/mol. The summed E-state index contributed by atoms with van der Waals surface area (Å²) in [5.74, 6) is -0.297. The van der Waals surface area contributed by atoms with E-state index in [0.29, 0.717) is 15.6 Å². The predicted molar refractivity (Wildman–Crippen MR) is 79.8 cm³/mol. The van der Waals surface area contributed by atoms with Crippen molar-refractivity contribution in [3.63, 3.8) is 0 Å². The Kier molecular flexibility index (Phi) is 4.08. The number of benzene rings is 1. The first-order chi connectivity index (χ1) is 8.93. The van der Waals surface area contributed by atoms with Crippen LogP contribution in [0.1, 0.15) is 5.56 Å². The molecule has 1 heterocycles. The fraction of sp³-hybridized carbons (Fsp3) is 0.167. The van der Waals surface area contributed by atoms with Crippen LogP contribution in [0.3, 0.4) is 0 Å². The molecule has 19 heavy (non-hydrogen) atoms. The van der Waals surface area contributed by atoms with Crippen molar-refractivity contribution in [2.24, 2.45) is 4.99 Å². The number of carbonyl (C=O) groups excluding carboxylic acids is 1. The lowest BCUT2D eigenvalue weighted by molar-refractivity contribution is -0.121. The number of thioether (sulfide) groups is 1. The number of phenolic OH excluding ortho intramolecular Hbond substituents is 1. The van der Waals surface area contributed by atoms with E-state index in [1.165, 1.54) is 16.7 Å². The topological polar surface area (TPSA) is 52.9 Å². The molecule has 1 aromatic carbocycles. The molecule has 4 nitrogen and oxygen atoms in total. The van der Waals surface area contributed by atoms with Crippen LogP contribution < -0.4 is 0 Å². The van der Waals surface area contributed by atoms with E-state index < -0.39 is 0 Å². The highest BCUT2D eigenvalue weighted by atomic mass is 35.5. The summed E-state index contributed by atoms with van der Waals surface area (Å²) in [5, 5.41) is 10.4. The minimum Gasteiger partial charge on any atom is -0.505 e. The largest absolute Gasteiger partial charge is 0.505 e. The van der Waals surface area contributed by atoms with E-state index >= 15 is 0 Å². The number of amidine groups is 1. The Morgan fingerprint density at radius 1 is 1.37 bits per heavy atom. The molecule has 0 radical (unpaired) electrons. The summed E-state index contributed by atoms with van der Waals surface area (Å²) in [4.78, 5) is 18.0. The number of nitrogens with zero attached hydrogens (tertiary/aromatic N) is 2. The lowest BCUT2D eigenvalue weighted by Crippen LogP contribution is -2.23. The molecule has 1 aliphatic rings.